The molecule has 1 atom stereocenters. The Morgan fingerprint density at radius 1 is 1.24 bits per heavy atom. The zero-order chi connectivity index (χ0) is 17.6. The van der Waals surface area contributed by atoms with Gasteiger partial charge < -0.3 is 5.32 Å². The van der Waals surface area contributed by atoms with Crippen LogP contribution in [-0.2, 0) is 11.3 Å². The Balaban J connectivity index is 1.58. The maximum atomic E-state index is 12.5. The zero-order valence-electron chi connectivity index (χ0n) is 14.6. The maximum Gasteiger partial charge on any atom is 0.227 e. The van der Waals surface area contributed by atoms with Gasteiger partial charge in [0.2, 0.25) is 5.91 Å². The topological polar surface area (TPSA) is 46.9 Å². The second-order valence-electron chi connectivity index (χ2n) is 6.03. The van der Waals surface area contributed by atoms with Gasteiger partial charge in [-0.2, -0.15) is 5.10 Å². The van der Waals surface area contributed by atoms with Crippen LogP contribution in [0.25, 0.3) is 10.6 Å². The van der Waals surface area contributed by atoms with Crippen LogP contribution < -0.4 is 5.32 Å². The summed E-state index contributed by atoms with van der Waals surface area (Å²) in [6, 6.07) is 16.1. The number of benzene rings is 1. The largest absolute Gasteiger partial charge is 0.354 e. The molecule has 0 radical (unpaired) electrons. The first-order valence-corrected chi connectivity index (χ1v) is 9.48. The minimum atomic E-state index is -0.0957. The lowest BCUT2D eigenvalue weighted by atomic mass is 9.96. The van der Waals surface area contributed by atoms with Crippen LogP contribution in [-0.4, -0.2) is 22.2 Å². The van der Waals surface area contributed by atoms with Crippen molar-refractivity contribution in [2.75, 3.05) is 6.54 Å². The summed E-state index contributed by atoms with van der Waals surface area (Å²) in [5.41, 5.74) is 3.17. The molecule has 2 heterocycles. The van der Waals surface area contributed by atoms with E-state index >= 15 is 0 Å². The molecule has 3 rings (SSSR count). The third kappa shape index (κ3) is 4.17. The van der Waals surface area contributed by atoms with Crippen LogP contribution in [0.1, 0.15) is 30.5 Å². The molecule has 1 N–H and O–H groups in total. The van der Waals surface area contributed by atoms with Crippen LogP contribution in [0.2, 0.25) is 0 Å². The number of thiophene rings is 1. The van der Waals surface area contributed by atoms with E-state index in [1.807, 2.05) is 54.9 Å². The molecule has 0 bridgehead atoms. The Kier molecular flexibility index (Phi) is 5.66. The fraction of sp³-hybridized carbons (Fsp3) is 0.300. The van der Waals surface area contributed by atoms with Crippen LogP contribution in [0.4, 0.5) is 0 Å². The molecule has 1 aromatic carbocycles. The van der Waals surface area contributed by atoms with E-state index in [1.165, 1.54) is 4.88 Å². The molecular formula is C20H23N3OS. The molecule has 25 heavy (non-hydrogen) atoms. The van der Waals surface area contributed by atoms with E-state index in [0.717, 1.165) is 23.4 Å². The van der Waals surface area contributed by atoms with Gasteiger partial charge >= 0.3 is 0 Å². The fourth-order valence-electron chi connectivity index (χ4n) is 2.95. The minimum absolute atomic E-state index is 0.0805. The third-order valence-corrected chi connectivity index (χ3v) is 5.20. The van der Waals surface area contributed by atoms with Crippen molar-refractivity contribution in [1.29, 1.82) is 0 Å². The molecule has 0 aliphatic heterocycles. The molecule has 2 aromatic heterocycles. The van der Waals surface area contributed by atoms with E-state index in [0.29, 0.717) is 13.1 Å². The molecule has 0 spiro atoms. The van der Waals surface area contributed by atoms with Gasteiger partial charge in [-0.25, -0.2) is 0 Å². The quantitative estimate of drug-likeness (QED) is 0.691. The Hall–Kier alpha value is -2.40. The standard InChI is InChI=1S/C20H23N3OS/c1-3-17(16-8-5-4-6-9-16)20(24)21-11-12-23-15(2)14-18(22-23)19-10-7-13-25-19/h4-10,13-14,17H,3,11-12H2,1-2H3,(H,21,24). The average molecular weight is 353 g/mol. The molecule has 1 amide bonds. The first-order valence-electron chi connectivity index (χ1n) is 8.60. The van der Waals surface area contributed by atoms with Crippen molar-refractivity contribution in [2.24, 2.45) is 0 Å². The van der Waals surface area contributed by atoms with E-state index in [-0.39, 0.29) is 11.8 Å². The fourth-order valence-corrected chi connectivity index (χ4v) is 3.63. The van der Waals surface area contributed by atoms with Crippen molar-refractivity contribution in [2.45, 2.75) is 32.7 Å². The number of hydrogen-bond acceptors (Lipinski definition) is 3. The number of carbonyl (C=O) groups excluding carboxylic acids is 1. The first-order chi connectivity index (χ1) is 12.2. The third-order valence-electron chi connectivity index (χ3n) is 4.30. The predicted molar refractivity (Wildman–Crippen MR) is 103 cm³/mol. The Labute approximate surface area is 152 Å². The van der Waals surface area contributed by atoms with Crippen LogP contribution >= 0.6 is 11.3 Å². The van der Waals surface area contributed by atoms with Gasteiger partial charge in [0.25, 0.3) is 0 Å². The Morgan fingerprint density at radius 2 is 2.04 bits per heavy atom. The van der Waals surface area contributed by atoms with Gasteiger partial charge in [0.05, 0.1) is 17.3 Å². The van der Waals surface area contributed by atoms with Crippen LogP contribution in [0.5, 0.6) is 0 Å². The molecule has 5 heteroatoms. The monoisotopic (exact) mass is 353 g/mol. The molecule has 0 fully saturated rings. The van der Waals surface area contributed by atoms with E-state index in [2.05, 4.69) is 27.9 Å². The summed E-state index contributed by atoms with van der Waals surface area (Å²) >= 11 is 1.69. The Bertz CT molecular complexity index is 809. The van der Waals surface area contributed by atoms with Gasteiger partial charge in [-0.3, -0.25) is 9.48 Å². The van der Waals surface area contributed by atoms with Crippen molar-refractivity contribution >= 4 is 17.2 Å². The van der Waals surface area contributed by atoms with Gasteiger partial charge in [-0.05, 0) is 36.4 Å². The lowest BCUT2D eigenvalue weighted by Crippen LogP contribution is -2.32. The van der Waals surface area contributed by atoms with Crippen molar-refractivity contribution in [1.82, 2.24) is 15.1 Å². The number of carbonyl (C=O) groups is 1. The van der Waals surface area contributed by atoms with Gasteiger partial charge in [0, 0.05) is 12.2 Å². The molecular weight excluding hydrogens is 330 g/mol. The molecule has 0 saturated carbocycles. The highest BCUT2D eigenvalue weighted by Gasteiger charge is 2.18. The second-order valence-corrected chi connectivity index (χ2v) is 6.98. The zero-order valence-corrected chi connectivity index (χ0v) is 15.4. The number of nitrogens with one attached hydrogen (secondary N) is 1. The van der Waals surface area contributed by atoms with Crippen LogP contribution in [0, 0.1) is 6.92 Å². The van der Waals surface area contributed by atoms with Gasteiger partial charge in [0.15, 0.2) is 0 Å². The normalized spacial score (nSPS) is 12.1. The number of hydrogen-bond donors (Lipinski definition) is 1. The molecule has 1 unspecified atom stereocenters. The molecule has 0 saturated heterocycles. The number of aryl methyl sites for hydroxylation is 1. The SMILES string of the molecule is CCC(C(=O)NCCn1nc(-c2cccs2)cc1C)c1ccccc1. The number of amides is 1. The summed E-state index contributed by atoms with van der Waals surface area (Å²) in [6.45, 7) is 5.34. The lowest BCUT2D eigenvalue weighted by Gasteiger charge is -2.15. The molecule has 3 aromatic rings. The summed E-state index contributed by atoms with van der Waals surface area (Å²) in [6.07, 6.45) is 0.791. The van der Waals surface area contributed by atoms with Crippen LogP contribution in [0.3, 0.4) is 0 Å². The van der Waals surface area contributed by atoms with Gasteiger partial charge in [0.1, 0.15) is 5.69 Å². The first kappa shape index (κ1) is 17.4. The summed E-state index contributed by atoms with van der Waals surface area (Å²) in [7, 11) is 0. The van der Waals surface area contributed by atoms with Crippen LogP contribution in [0.15, 0.2) is 53.9 Å². The highest BCUT2D eigenvalue weighted by Crippen LogP contribution is 2.24. The molecule has 130 valence electrons. The number of rotatable bonds is 7. The van der Waals surface area contributed by atoms with E-state index in [9.17, 15) is 4.79 Å². The van der Waals surface area contributed by atoms with Crippen molar-refractivity contribution < 1.29 is 4.79 Å². The predicted octanol–water partition coefficient (Wildman–Crippen LogP) is 4.23. The average Bonchev–Trinajstić information content (AvgIpc) is 3.27. The highest BCUT2D eigenvalue weighted by molar-refractivity contribution is 7.13. The second kappa shape index (κ2) is 8.12. The molecule has 4 nitrogen and oxygen atoms in total. The van der Waals surface area contributed by atoms with E-state index in [4.69, 9.17) is 0 Å². The van der Waals surface area contributed by atoms with E-state index < -0.39 is 0 Å². The van der Waals surface area contributed by atoms with Crippen molar-refractivity contribution in [3.05, 3.63) is 65.2 Å². The number of nitrogens with zero attached hydrogens (tertiary/aromatic N) is 2. The summed E-state index contributed by atoms with van der Waals surface area (Å²) in [4.78, 5) is 13.7. The molecule has 0 aliphatic rings. The maximum absolute atomic E-state index is 12.5. The summed E-state index contributed by atoms with van der Waals surface area (Å²) in [5, 5.41) is 9.76. The van der Waals surface area contributed by atoms with Crippen molar-refractivity contribution in [3.63, 3.8) is 0 Å². The van der Waals surface area contributed by atoms with E-state index in [1.54, 1.807) is 11.3 Å². The number of aromatic nitrogens is 2. The molecule has 0 aliphatic carbocycles. The van der Waals surface area contributed by atoms with Gasteiger partial charge in [-0.1, -0.05) is 43.3 Å². The smallest absolute Gasteiger partial charge is 0.227 e. The Morgan fingerprint density at radius 3 is 2.72 bits per heavy atom. The minimum Gasteiger partial charge on any atom is -0.354 e. The van der Waals surface area contributed by atoms with Crippen molar-refractivity contribution in [3.8, 4) is 10.6 Å². The highest BCUT2D eigenvalue weighted by atomic mass is 32.1. The lowest BCUT2D eigenvalue weighted by molar-refractivity contribution is -0.122. The summed E-state index contributed by atoms with van der Waals surface area (Å²) < 4.78 is 1.96. The van der Waals surface area contributed by atoms with Gasteiger partial charge in [-0.15, -0.1) is 11.3 Å². The summed E-state index contributed by atoms with van der Waals surface area (Å²) in [5.74, 6) is -0.0152.